The number of aliphatic carboxylic acids is 1. The van der Waals surface area contributed by atoms with Gasteiger partial charge in [-0.1, -0.05) is 0 Å². The molecule has 1 unspecified atom stereocenters. The normalized spacial score (nSPS) is 16.7. The molecular formula is C3H6O5P-. The Morgan fingerprint density at radius 1 is 1.89 bits per heavy atom. The third kappa shape index (κ3) is 7.62. The monoisotopic (exact) mass is 153 g/mol. The van der Waals surface area contributed by atoms with Crippen LogP contribution in [0.5, 0.6) is 0 Å². The summed E-state index contributed by atoms with van der Waals surface area (Å²) in [5.41, 5.74) is 0. The summed E-state index contributed by atoms with van der Waals surface area (Å²) in [6.45, 7) is 0.0210. The van der Waals surface area contributed by atoms with Crippen LogP contribution in [0.4, 0.5) is 0 Å². The topological polar surface area (TPSA) is 86.7 Å². The average molecular weight is 153 g/mol. The highest BCUT2D eigenvalue weighted by atomic mass is 31.2. The molecule has 0 rings (SSSR count). The quantitative estimate of drug-likeness (QED) is 0.540. The van der Waals surface area contributed by atoms with Gasteiger partial charge in [0.05, 0.1) is 0 Å². The Morgan fingerprint density at radius 2 is 2.33 bits per heavy atom. The maximum atomic E-state index is 10.1. The van der Waals surface area contributed by atoms with E-state index in [1.807, 2.05) is 0 Å². The van der Waals surface area contributed by atoms with Gasteiger partial charge in [0.15, 0.2) is 6.61 Å². The zero-order chi connectivity index (χ0) is 7.49. The molecule has 0 heterocycles. The van der Waals surface area contributed by atoms with Crippen LogP contribution in [0.15, 0.2) is 0 Å². The van der Waals surface area contributed by atoms with Crippen LogP contribution in [-0.4, -0.2) is 24.3 Å². The molecule has 1 atom stereocenters. The molecule has 5 nitrogen and oxygen atoms in total. The first kappa shape index (κ1) is 8.62. The Morgan fingerprint density at radius 3 is 2.44 bits per heavy atom. The molecule has 0 aromatic heterocycles. The maximum Gasteiger partial charge on any atom is 0.330 e. The van der Waals surface area contributed by atoms with Gasteiger partial charge in [-0.15, -0.1) is 0 Å². The van der Waals surface area contributed by atoms with Gasteiger partial charge in [-0.05, 0) is 0 Å². The second kappa shape index (κ2) is 2.96. The molecule has 0 aromatic carbocycles. The second-order valence-electron chi connectivity index (χ2n) is 1.44. The highest BCUT2D eigenvalue weighted by Gasteiger charge is 2.01. The van der Waals surface area contributed by atoms with Crippen molar-refractivity contribution >= 4 is 13.6 Å². The summed E-state index contributed by atoms with van der Waals surface area (Å²) in [6.07, 6.45) is 0. The van der Waals surface area contributed by atoms with Crippen LogP contribution < -0.4 is 4.89 Å². The molecule has 0 aromatic rings. The van der Waals surface area contributed by atoms with E-state index in [1.54, 1.807) is 0 Å². The first-order valence-corrected chi connectivity index (χ1v) is 4.05. The van der Waals surface area contributed by atoms with Crippen molar-refractivity contribution in [2.75, 3.05) is 13.3 Å². The number of rotatable bonds is 3. The van der Waals surface area contributed by atoms with E-state index < -0.39 is 20.2 Å². The lowest BCUT2D eigenvalue weighted by Gasteiger charge is -2.15. The highest BCUT2D eigenvalue weighted by Crippen LogP contribution is 2.30. The summed E-state index contributed by atoms with van der Waals surface area (Å²) in [6, 6.07) is 0. The van der Waals surface area contributed by atoms with E-state index in [4.69, 9.17) is 5.11 Å². The molecule has 0 aliphatic carbocycles. The second-order valence-corrected chi connectivity index (χ2v) is 3.24. The average Bonchev–Trinajstić information content (AvgIpc) is 1.59. The van der Waals surface area contributed by atoms with E-state index in [-0.39, 0.29) is 0 Å². The lowest BCUT2D eigenvalue weighted by Crippen LogP contribution is -2.10. The lowest BCUT2D eigenvalue weighted by molar-refractivity contribution is -0.198. The smallest absolute Gasteiger partial charge is 0.330 e. The van der Waals surface area contributed by atoms with Crippen molar-refractivity contribution in [3.05, 3.63) is 0 Å². The van der Waals surface area contributed by atoms with E-state index in [2.05, 4.69) is 4.52 Å². The number of carbonyl (C=O) groups is 1. The minimum Gasteiger partial charge on any atom is -0.779 e. The van der Waals surface area contributed by atoms with Gasteiger partial charge in [-0.2, -0.15) is 0 Å². The Kier molecular flexibility index (Phi) is 2.84. The van der Waals surface area contributed by atoms with Crippen LogP contribution >= 0.6 is 7.60 Å². The Bertz CT molecular complexity index is 146. The van der Waals surface area contributed by atoms with Crippen molar-refractivity contribution in [2.24, 2.45) is 0 Å². The number of hydrogen-bond donors (Lipinski definition) is 1. The molecule has 0 saturated carbocycles. The van der Waals surface area contributed by atoms with E-state index in [0.29, 0.717) is 0 Å². The minimum atomic E-state index is -3.85. The van der Waals surface area contributed by atoms with E-state index in [1.165, 1.54) is 0 Å². The molecule has 0 saturated heterocycles. The highest BCUT2D eigenvalue weighted by molar-refractivity contribution is 7.50. The largest absolute Gasteiger partial charge is 0.779 e. The maximum absolute atomic E-state index is 10.1. The first-order valence-electron chi connectivity index (χ1n) is 2.06. The van der Waals surface area contributed by atoms with Gasteiger partial charge in [0.2, 0.25) is 0 Å². The molecule has 1 N–H and O–H groups in total. The molecule has 0 aliphatic rings. The van der Waals surface area contributed by atoms with Gasteiger partial charge < -0.3 is 19.1 Å². The molecule has 0 amide bonds. The van der Waals surface area contributed by atoms with Crippen LogP contribution in [0, 0.1) is 0 Å². The molecule has 6 heteroatoms. The van der Waals surface area contributed by atoms with Crippen molar-refractivity contribution in [1.29, 1.82) is 0 Å². The van der Waals surface area contributed by atoms with Crippen LogP contribution in [0.3, 0.4) is 0 Å². The summed E-state index contributed by atoms with van der Waals surface area (Å²) in [7, 11) is -3.85. The fourth-order valence-electron chi connectivity index (χ4n) is 0.172. The fraction of sp³-hybridized carbons (Fsp3) is 0.667. The summed E-state index contributed by atoms with van der Waals surface area (Å²) >= 11 is 0. The molecular weight excluding hydrogens is 147 g/mol. The zero-order valence-electron chi connectivity index (χ0n) is 4.73. The van der Waals surface area contributed by atoms with E-state index in [0.717, 1.165) is 6.66 Å². The first-order chi connectivity index (χ1) is 3.92. The number of carboxylic acid groups (broad SMARTS) is 1. The lowest BCUT2D eigenvalue weighted by atomic mass is 10.8. The zero-order valence-corrected chi connectivity index (χ0v) is 5.63. The number of carboxylic acids is 1. The van der Waals surface area contributed by atoms with Crippen molar-refractivity contribution in [1.82, 2.24) is 0 Å². The molecule has 0 spiro atoms. The van der Waals surface area contributed by atoms with Crippen molar-refractivity contribution < 1.29 is 23.9 Å². The molecule has 0 radical (unpaired) electrons. The third-order valence-electron chi connectivity index (χ3n) is 0.423. The van der Waals surface area contributed by atoms with Crippen LogP contribution in [-0.2, 0) is 13.9 Å². The molecule has 0 bridgehead atoms. The van der Waals surface area contributed by atoms with Crippen LogP contribution in [0.2, 0.25) is 0 Å². The summed E-state index contributed by atoms with van der Waals surface area (Å²) in [4.78, 5) is 19.7. The Hall–Kier alpha value is -0.380. The van der Waals surface area contributed by atoms with E-state index >= 15 is 0 Å². The minimum absolute atomic E-state index is 0.794. The van der Waals surface area contributed by atoms with Crippen molar-refractivity contribution in [3.8, 4) is 0 Å². The van der Waals surface area contributed by atoms with E-state index in [9.17, 15) is 14.3 Å². The molecule has 54 valence electrons. The standard InChI is InChI=1S/C3H7O5P/c1-9(6,7)8-2-3(4)5/h2H2,1H3,(H,4,5)(H,6,7)/p-1. The fourth-order valence-corrected chi connectivity index (χ4v) is 0.517. The van der Waals surface area contributed by atoms with Crippen LogP contribution in [0.25, 0.3) is 0 Å². The summed E-state index contributed by atoms with van der Waals surface area (Å²) in [5.74, 6) is -1.30. The predicted molar refractivity (Wildman–Crippen MR) is 27.1 cm³/mol. The van der Waals surface area contributed by atoms with Gasteiger partial charge in [0, 0.05) is 6.66 Å². The van der Waals surface area contributed by atoms with Gasteiger partial charge >= 0.3 is 5.97 Å². The van der Waals surface area contributed by atoms with Gasteiger partial charge in [0.25, 0.3) is 0 Å². The Balaban J connectivity index is 3.53. The van der Waals surface area contributed by atoms with Crippen molar-refractivity contribution in [3.63, 3.8) is 0 Å². The Labute approximate surface area is 51.8 Å². The SMILES string of the molecule is CP(=O)([O-])OCC(=O)O. The molecule has 0 fully saturated rings. The predicted octanol–water partition coefficient (Wildman–Crippen LogP) is -0.729. The van der Waals surface area contributed by atoms with Gasteiger partial charge in [-0.3, -0.25) is 0 Å². The van der Waals surface area contributed by atoms with Crippen molar-refractivity contribution in [2.45, 2.75) is 0 Å². The van der Waals surface area contributed by atoms with Crippen LogP contribution in [0.1, 0.15) is 0 Å². The van der Waals surface area contributed by atoms with Gasteiger partial charge in [0.1, 0.15) is 7.60 Å². The summed E-state index contributed by atoms with van der Waals surface area (Å²) < 4.78 is 14.0. The van der Waals surface area contributed by atoms with Gasteiger partial charge in [-0.25, -0.2) is 4.79 Å². The molecule has 0 aliphatic heterocycles. The third-order valence-corrected chi connectivity index (χ3v) is 1.02. The molecule has 9 heavy (non-hydrogen) atoms. The number of hydrogen-bond acceptors (Lipinski definition) is 4. The summed E-state index contributed by atoms with van der Waals surface area (Å²) in [5, 5.41) is 7.89.